The minimum Gasteiger partial charge on any atom is -0.494 e. The van der Waals surface area contributed by atoms with Crippen molar-refractivity contribution in [3.8, 4) is 5.75 Å². The molecule has 7 heteroatoms. The second kappa shape index (κ2) is 9.56. The van der Waals surface area contributed by atoms with Crippen LogP contribution in [0.25, 0.3) is 5.65 Å². The number of rotatable bonds is 8. The van der Waals surface area contributed by atoms with Crippen molar-refractivity contribution in [2.45, 2.75) is 26.8 Å². The van der Waals surface area contributed by atoms with Crippen molar-refractivity contribution in [3.05, 3.63) is 60.0 Å². The Bertz CT molecular complexity index is 872. The van der Waals surface area contributed by atoms with Crippen LogP contribution in [0.15, 0.2) is 53.7 Å². The molecule has 0 spiro atoms. The molecule has 27 heavy (non-hydrogen) atoms. The quantitative estimate of drug-likeness (QED) is 0.364. The third kappa shape index (κ3) is 5.44. The van der Waals surface area contributed by atoms with Gasteiger partial charge in [-0.3, -0.25) is 4.40 Å². The van der Waals surface area contributed by atoms with E-state index in [1.165, 1.54) is 5.56 Å². The summed E-state index contributed by atoms with van der Waals surface area (Å²) < 4.78 is 7.69. The van der Waals surface area contributed by atoms with Crippen molar-refractivity contribution in [3.63, 3.8) is 0 Å². The molecule has 0 fully saturated rings. The zero-order valence-electron chi connectivity index (χ0n) is 15.9. The monoisotopic (exact) mass is 366 g/mol. The van der Waals surface area contributed by atoms with Crippen LogP contribution in [0.4, 0.5) is 0 Å². The summed E-state index contributed by atoms with van der Waals surface area (Å²) in [7, 11) is 0. The molecule has 0 aliphatic rings. The summed E-state index contributed by atoms with van der Waals surface area (Å²) in [6, 6.07) is 13.9. The molecular weight excluding hydrogens is 340 g/mol. The lowest BCUT2D eigenvalue weighted by atomic mass is 10.2. The molecule has 7 nitrogen and oxygen atoms in total. The molecule has 0 radical (unpaired) electrons. The molecule has 2 N–H and O–H groups in total. The van der Waals surface area contributed by atoms with Crippen LogP contribution in [0.2, 0.25) is 0 Å². The van der Waals surface area contributed by atoms with E-state index in [0.29, 0.717) is 13.2 Å². The molecule has 1 aromatic carbocycles. The molecular formula is C20H26N6O. The molecule has 0 amide bonds. The highest BCUT2D eigenvalue weighted by atomic mass is 16.5. The number of pyridine rings is 1. The Morgan fingerprint density at radius 1 is 1.11 bits per heavy atom. The van der Waals surface area contributed by atoms with Crippen LogP contribution in [0.3, 0.4) is 0 Å². The van der Waals surface area contributed by atoms with Gasteiger partial charge in [-0.15, -0.1) is 10.2 Å². The smallest absolute Gasteiger partial charge is 0.191 e. The number of nitrogens with zero attached hydrogens (tertiary/aromatic N) is 4. The predicted octanol–water partition coefficient (Wildman–Crippen LogP) is 2.56. The SMILES string of the molecule is CCNC(=NCc1nnc2ccccn12)NCCCOc1ccc(C)cc1. The molecule has 142 valence electrons. The van der Waals surface area contributed by atoms with Crippen LogP contribution in [-0.2, 0) is 6.54 Å². The van der Waals surface area contributed by atoms with Gasteiger partial charge in [-0.1, -0.05) is 23.8 Å². The van der Waals surface area contributed by atoms with Crippen molar-refractivity contribution in [2.24, 2.45) is 4.99 Å². The second-order valence-corrected chi connectivity index (χ2v) is 6.18. The van der Waals surface area contributed by atoms with Gasteiger partial charge in [-0.25, -0.2) is 4.99 Å². The van der Waals surface area contributed by atoms with Crippen LogP contribution in [0.5, 0.6) is 5.75 Å². The van der Waals surface area contributed by atoms with E-state index in [9.17, 15) is 0 Å². The zero-order chi connectivity index (χ0) is 18.9. The predicted molar refractivity (Wildman–Crippen MR) is 107 cm³/mol. The van der Waals surface area contributed by atoms with Gasteiger partial charge in [0.25, 0.3) is 0 Å². The number of guanidine groups is 1. The van der Waals surface area contributed by atoms with Crippen molar-refractivity contribution in [1.29, 1.82) is 0 Å². The van der Waals surface area contributed by atoms with Gasteiger partial charge in [0, 0.05) is 19.3 Å². The van der Waals surface area contributed by atoms with Gasteiger partial charge in [-0.2, -0.15) is 0 Å². The first-order chi connectivity index (χ1) is 13.3. The second-order valence-electron chi connectivity index (χ2n) is 6.18. The number of fused-ring (bicyclic) bond motifs is 1. The van der Waals surface area contributed by atoms with Crippen LogP contribution >= 0.6 is 0 Å². The molecule has 0 saturated heterocycles. The van der Waals surface area contributed by atoms with Gasteiger partial charge < -0.3 is 15.4 Å². The number of aromatic nitrogens is 3. The Hall–Kier alpha value is -3.09. The molecule has 0 unspecified atom stereocenters. The maximum atomic E-state index is 5.75. The third-order valence-corrected chi connectivity index (χ3v) is 4.01. The average Bonchev–Trinajstić information content (AvgIpc) is 3.10. The Labute approximate surface area is 159 Å². The Balaban J connectivity index is 1.46. The maximum absolute atomic E-state index is 5.75. The van der Waals surface area contributed by atoms with Crippen LogP contribution in [0, 0.1) is 6.92 Å². The molecule has 0 saturated carbocycles. The third-order valence-electron chi connectivity index (χ3n) is 4.01. The van der Waals surface area contributed by atoms with E-state index < -0.39 is 0 Å². The lowest BCUT2D eigenvalue weighted by Gasteiger charge is -2.11. The number of ether oxygens (including phenoxy) is 1. The first-order valence-electron chi connectivity index (χ1n) is 9.26. The fourth-order valence-corrected chi connectivity index (χ4v) is 2.59. The number of benzene rings is 1. The van der Waals surface area contributed by atoms with Crippen LogP contribution in [0.1, 0.15) is 24.7 Å². The van der Waals surface area contributed by atoms with Crippen LogP contribution in [-0.4, -0.2) is 40.3 Å². The minimum absolute atomic E-state index is 0.459. The van der Waals surface area contributed by atoms with Crippen molar-refractivity contribution >= 4 is 11.6 Å². The standard InChI is InChI=1S/C20H26N6O/c1-3-21-20(22-12-6-14-27-17-10-8-16(2)9-11-17)23-15-19-25-24-18-7-4-5-13-26(18)19/h4-5,7-11,13H,3,6,12,14-15H2,1-2H3,(H2,21,22,23). The van der Waals surface area contributed by atoms with Gasteiger partial charge in [0.2, 0.25) is 0 Å². The average molecular weight is 366 g/mol. The van der Waals surface area contributed by atoms with Crippen LogP contribution < -0.4 is 15.4 Å². The summed E-state index contributed by atoms with van der Waals surface area (Å²) in [5.41, 5.74) is 2.06. The molecule has 0 aliphatic carbocycles. The molecule has 0 aliphatic heterocycles. The van der Waals surface area contributed by atoms with E-state index in [1.54, 1.807) is 0 Å². The summed E-state index contributed by atoms with van der Waals surface area (Å²) in [6.45, 7) is 6.80. The van der Waals surface area contributed by atoms with Gasteiger partial charge in [0.05, 0.1) is 6.61 Å². The molecule has 2 aromatic heterocycles. The van der Waals surface area contributed by atoms with Crippen molar-refractivity contribution < 1.29 is 4.74 Å². The highest BCUT2D eigenvalue weighted by Gasteiger charge is 2.04. The molecule has 0 atom stereocenters. The van der Waals surface area contributed by atoms with Gasteiger partial charge in [-0.05, 0) is 44.5 Å². The van der Waals surface area contributed by atoms with E-state index in [4.69, 9.17) is 4.74 Å². The van der Waals surface area contributed by atoms with Gasteiger partial charge in [0.15, 0.2) is 17.4 Å². The number of hydrogen-bond acceptors (Lipinski definition) is 4. The van der Waals surface area contributed by atoms with Crippen molar-refractivity contribution in [1.82, 2.24) is 25.2 Å². The molecule has 3 aromatic rings. The fourth-order valence-electron chi connectivity index (χ4n) is 2.59. The van der Waals surface area contributed by atoms with E-state index in [2.05, 4.69) is 44.9 Å². The molecule has 2 heterocycles. The lowest BCUT2D eigenvalue weighted by Crippen LogP contribution is -2.38. The fraction of sp³-hybridized carbons (Fsp3) is 0.350. The summed E-state index contributed by atoms with van der Waals surface area (Å²) >= 11 is 0. The van der Waals surface area contributed by atoms with E-state index in [0.717, 1.165) is 42.7 Å². The highest BCUT2D eigenvalue weighted by molar-refractivity contribution is 5.79. The highest BCUT2D eigenvalue weighted by Crippen LogP contribution is 2.11. The summed E-state index contributed by atoms with van der Waals surface area (Å²) in [5.74, 6) is 2.48. The maximum Gasteiger partial charge on any atom is 0.191 e. The largest absolute Gasteiger partial charge is 0.494 e. The summed E-state index contributed by atoms with van der Waals surface area (Å²) in [5, 5.41) is 14.9. The van der Waals surface area contributed by atoms with E-state index >= 15 is 0 Å². The Morgan fingerprint density at radius 2 is 1.96 bits per heavy atom. The van der Waals surface area contributed by atoms with Gasteiger partial charge in [0.1, 0.15) is 12.3 Å². The van der Waals surface area contributed by atoms with E-state index in [-0.39, 0.29) is 0 Å². The first kappa shape index (κ1) is 18.7. The minimum atomic E-state index is 0.459. The number of nitrogens with one attached hydrogen (secondary N) is 2. The van der Waals surface area contributed by atoms with E-state index in [1.807, 2.05) is 47.9 Å². The number of aryl methyl sites for hydroxylation is 1. The Morgan fingerprint density at radius 3 is 2.78 bits per heavy atom. The molecule has 0 bridgehead atoms. The molecule has 3 rings (SSSR count). The number of hydrogen-bond donors (Lipinski definition) is 2. The number of aliphatic imine (C=N–C) groups is 1. The zero-order valence-corrected chi connectivity index (χ0v) is 15.9. The summed E-state index contributed by atoms with van der Waals surface area (Å²) in [4.78, 5) is 4.60. The first-order valence-corrected chi connectivity index (χ1v) is 9.26. The summed E-state index contributed by atoms with van der Waals surface area (Å²) in [6.07, 6.45) is 2.83. The normalized spacial score (nSPS) is 11.6. The topological polar surface area (TPSA) is 75.8 Å². The van der Waals surface area contributed by atoms with Crippen molar-refractivity contribution in [2.75, 3.05) is 19.7 Å². The lowest BCUT2D eigenvalue weighted by molar-refractivity contribution is 0.311. The van der Waals surface area contributed by atoms with Gasteiger partial charge >= 0.3 is 0 Å². The Kier molecular flexibility index (Phi) is 6.62.